The lowest BCUT2D eigenvalue weighted by molar-refractivity contribution is 0.258. The maximum atomic E-state index is 3.69. The van der Waals surface area contributed by atoms with Gasteiger partial charge in [0.15, 0.2) is 0 Å². The predicted octanol–water partition coefficient (Wildman–Crippen LogP) is 2.16. The van der Waals surface area contributed by atoms with Crippen molar-refractivity contribution in [3.63, 3.8) is 0 Å². The fourth-order valence-electron chi connectivity index (χ4n) is 2.99. The van der Waals surface area contributed by atoms with Gasteiger partial charge in [0, 0.05) is 6.54 Å². The summed E-state index contributed by atoms with van der Waals surface area (Å²) in [6.07, 6.45) is 8.57. The Labute approximate surface area is 94.2 Å². The van der Waals surface area contributed by atoms with Crippen LogP contribution < -0.4 is 10.6 Å². The summed E-state index contributed by atoms with van der Waals surface area (Å²) >= 11 is 0. The lowest BCUT2D eigenvalue weighted by Gasteiger charge is -2.30. The van der Waals surface area contributed by atoms with Crippen LogP contribution in [0.1, 0.15) is 45.4 Å². The van der Waals surface area contributed by atoms with E-state index in [2.05, 4.69) is 17.6 Å². The zero-order valence-corrected chi connectivity index (χ0v) is 10.1. The Morgan fingerprint density at radius 3 is 2.53 bits per heavy atom. The van der Waals surface area contributed by atoms with Gasteiger partial charge in [-0.3, -0.25) is 0 Å². The molecule has 1 heterocycles. The summed E-state index contributed by atoms with van der Waals surface area (Å²) in [5.74, 6) is 0.957. The molecule has 1 saturated carbocycles. The Kier molecular flexibility index (Phi) is 4.04. The van der Waals surface area contributed by atoms with Crippen molar-refractivity contribution >= 4 is 0 Å². The van der Waals surface area contributed by atoms with E-state index in [-0.39, 0.29) is 0 Å². The quantitative estimate of drug-likeness (QED) is 0.657. The van der Waals surface area contributed by atoms with Gasteiger partial charge in [-0.2, -0.15) is 0 Å². The van der Waals surface area contributed by atoms with E-state index in [0.717, 1.165) is 5.92 Å². The van der Waals surface area contributed by atoms with Crippen LogP contribution in [-0.4, -0.2) is 26.2 Å². The molecule has 0 radical (unpaired) electrons. The third kappa shape index (κ3) is 2.94. The van der Waals surface area contributed by atoms with Crippen LogP contribution in [0.25, 0.3) is 0 Å². The van der Waals surface area contributed by atoms with Crippen molar-refractivity contribution in [1.29, 1.82) is 0 Å². The molecule has 88 valence electrons. The van der Waals surface area contributed by atoms with Gasteiger partial charge in [0.25, 0.3) is 0 Å². The number of nitrogens with one attached hydrogen (secondary N) is 2. The van der Waals surface area contributed by atoms with E-state index in [0.29, 0.717) is 5.41 Å². The van der Waals surface area contributed by atoms with Crippen molar-refractivity contribution in [1.82, 2.24) is 10.6 Å². The minimum atomic E-state index is 0.665. The fraction of sp³-hybridized carbons (Fsp3) is 1.00. The molecule has 0 aromatic carbocycles. The zero-order valence-electron chi connectivity index (χ0n) is 10.1. The highest BCUT2D eigenvalue weighted by molar-refractivity contribution is 4.85. The highest BCUT2D eigenvalue weighted by Crippen LogP contribution is 2.40. The van der Waals surface area contributed by atoms with E-state index >= 15 is 0 Å². The Bertz CT molecular complexity index is 181. The van der Waals surface area contributed by atoms with Crippen LogP contribution >= 0.6 is 0 Å². The highest BCUT2D eigenvalue weighted by Gasteiger charge is 2.31. The minimum Gasteiger partial charge on any atom is -0.316 e. The Morgan fingerprint density at radius 1 is 1.27 bits per heavy atom. The van der Waals surface area contributed by atoms with E-state index in [9.17, 15) is 0 Å². The average molecular weight is 210 g/mol. The number of hydrogen-bond donors (Lipinski definition) is 2. The monoisotopic (exact) mass is 210 g/mol. The van der Waals surface area contributed by atoms with Crippen molar-refractivity contribution in [3.8, 4) is 0 Å². The molecule has 2 heteroatoms. The summed E-state index contributed by atoms with van der Waals surface area (Å²) in [6.45, 7) is 7.36. The molecule has 0 amide bonds. The van der Waals surface area contributed by atoms with Gasteiger partial charge >= 0.3 is 0 Å². The van der Waals surface area contributed by atoms with E-state index < -0.39 is 0 Å². The SMILES string of the molecule is CCC1(CNCCC2CNC2)CCCC1. The molecule has 1 aliphatic heterocycles. The van der Waals surface area contributed by atoms with Crippen molar-refractivity contribution in [2.24, 2.45) is 11.3 Å². The molecule has 2 nitrogen and oxygen atoms in total. The van der Waals surface area contributed by atoms with Gasteiger partial charge in [0.05, 0.1) is 0 Å². The molecular weight excluding hydrogens is 184 g/mol. The van der Waals surface area contributed by atoms with Gasteiger partial charge in [-0.15, -0.1) is 0 Å². The molecular formula is C13H26N2. The van der Waals surface area contributed by atoms with Gasteiger partial charge in [-0.25, -0.2) is 0 Å². The lowest BCUT2D eigenvalue weighted by atomic mass is 9.83. The molecule has 0 unspecified atom stereocenters. The van der Waals surface area contributed by atoms with E-state index in [4.69, 9.17) is 0 Å². The molecule has 2 aliphatic rings. The van der Waals surface area contributed by atoms with Crippen molar-refractivity contribution in [2.45, 2.75) is 45.4 Å². The summed E-state index contributed by atoms with van der Waals surface area (Å²) in [4.78, 5) is 0. The van der Waals surface area contributed by atoms with Gasteiger partial charge in [-0.1, -0.05) is 19.8 Å². The lowest BCUT2D eigenvalue weighted by Crippen LogP contribution is -2.43. The van der Waals surface area contributed by atoms with Crippen LogP contribution in [0.15, 0.2) is 0 Å². The second kappa shape index (κ2) is 5.31. The Balaban J connectivity index is 1.58. The molecule has 15 heavy (non-hydrogen) atoms. The second-order valence-electron chi connectivity index (χ2n) is 5.55. The number of rotatable bonds is 6. The smallest absolute Gasteiger partial charge is 0.000770 e. The van der Waals surface area contributed by atoms with Gasteiger partial charge in [0.1, 0.15) is 0 Å². The summed E-state index contributed by atoms with van der Waals surface area (Å²) in [6, 6.07) is 0. The first-order valence-electron chi connectivity index (χ1n) is 6.76. The third-order valence-corrected chi connectivity index (χ3v) is 4.51. The van der Waals surface area contributed by atoms with Crippen LogP contribution in [0.3, 0.4) is 0 Å². The number of hydrogen-bond acceptors (Lipinski definition) is 2. The van der Waals surface area contributed by atoms with E-state index in [1.807, 2.05) is 0 Å². The van der Waals surface area contributed by atoms with Crippen molar-refractivity contribution < 1.29 is 0 Å². The normalized spacial score (nSPS) is 25.4. The molecule has 1 aliphatic carbocycles. The second-order valence-corrected chi connectivity index (χ2v) is 5.55. The topological polar surface area (TPSA) is 24.1 Å². The molecule has 0 aromatic heterocycles. The molecule has 0 atom stereocenters. The summed E-state index contributed by atoms with van der Waals surface area (Å²) in [5.41, 5.74) is 0.665. The van der Waals surface area contributed by atoms with Crippen LogP contribution in [0.2, 0.25) is 0 Å². The molecule has 2 fully saturated rings. The van der Waals surface area contributed by atoms with Crippen LogP contribution in [0, 0.1) is 11.3 Å². The maximum Gasteiger partial charge on any atom is 0.000770 e. The third-order valence-electron chi connectivity index (χ3n) is 4.51. The zero-order chi connectivity index (χ0) is 10.6. The first-order chi connectivity index (χ1) is 7.35. The van der Waals surface area contributed by atoms with Crippen LogP contribution in [0.4, 0.5) is 0 Å². The fourth-order valence-corrected chi connectivity index (χ4v) is 2.99. The average Bonchev–Trinajstić information content (AvgIpc) is 2.64. The maximum absolute atomic E-state index is 3.69. The molecule has 0 aromatic rings. The minimum absolute atomic E-state index is 0.665. The highest BCUT2D eigenvalue weighted by atomic mass is 15.0. The van der Waals surface area contributed by atoms with Gasteiger partial charge in [-0.05, 0) is 56.7 Å². The summed E-state index contributed by atoms with van der Waals surface area (Å²) in [5, 5.41) is 7.02. The molecule has 0 bridgehead atoms. The molecule has 2 N–H and O–H groups in total. The predicted molar refractivity (Wildman–Crippen MR) is 65.0 cm³/mol. The first-order valence-corrected chi connectivity index (χ1v) is 6.76. The molecule has 2 rings (SSSR count). The van der Waals surface area contributed by atoms with Crippen molar-refractivity contribution in [2.75, 3.05) is 26.2 Å². The van der Waals surface area contributed by atoms with E-state index in [1.165, 1.54) is 64.7 Å². The summed E-state index contributed by atoms with van der Waals surface area (Å²) in [7, 11) is 0. The van der Waals surface area contributed by atoms with Gasteiger partial charge in [0.2, 0.25) is 0 Å². The summed E-state index contributed by atoms with van der Waals surface area (Å²) < 4.78 is 0. The van der Waals surface area contributed by atoms with Crippen LogP contribution in [0.5, 0.6) is 0 Å². The molecule has 1 saturated heterocycles. The Hall–Kier alpha value is -0.0800. The largest absolute Gasteiger partial charge is 0.316 e. The van der Waals surface area contributed by atoms with Crippen molar-refractivity contribution in [3.05, 3.63) is 0 Å². The first kappa shape index (κ1) is 11.4. The van der Waals surface area contributed by atoms with E-state index in [1.54, 1.807) is 0 Å². The van der Waals surface area contributed by atoms with Crippen LogP contribution in [-0.2, 0) is 0 Å². The standard InChI is InChI=1S/C13H26N2/c1-2-13(6-3-4-7-13)11-14-8-5-12-9-15-10-12/h12,14-15H,2-11H2,1H3. The van der Waals surface area contributed by atoms with Gasteiger partial charge < -0.3 is 10.6 Å². The molecule has 0 spiro atoms. The Morgan fingerprint density at radius 2 is 2.00 bits per heavy atom.